The van der Waals surface area contributed by atoms with E-state index in [4.69, 9.17) is 40.5 Å². The molecule has 0 aliphatic heterocycles. The number of halogens is 3. The first-order valence-electron chi connectivity index (χ1n) is 5.85. The number of anilines is 1. The third kappa shape index (κ3) is 2.68. The van der Waals surface area contributed by atoms with Crippen LogP contribution in [0.4, 0.5) is 5.69 Å². The van der Waals surface area contributed by atoms with Crippen molar-refractivity contribution >= 4 is 40.5 Å². The normalized spacial score (nSPS) is 10.8. The number of nitrogens with zero attached hydrogens (tertiary/aromatic N) is 4. The summed E-state index contributed by atoms with van der Waals surface area (Å²) in [5.41, 5.74) is 7.68. The van der Waals surface area contributed by atoms with E-state index < -0.39 is 0 Å². The Morgan fingerprint density at radius 2 is 1.57 bits per heavy atom. The molecule has 106 valence electrons. The predicted molar refractivity (Wildman–Crippen MR) is 84.0 cm³/mol. The minimum absolute atomic E-state index is 0.368. The second kappa shape index (κ2) is 5.52. The molecule has 3 aromatic rings. The van der Waals surface area contributed by atoms with E-state index in [-0.39, 0.29) is 0 Å². The van der Waals surface area contributed by atoms with Crippen LogP contribution in [-0.4, -0.2) is 20.2 Å². The Bertz CT molecular complexity index is 798. The molecule has 1 heterocycles. The second-order valence-corrected chi connectivity index (χ2v) is 5.48. The molecule has 0 aliphatic carbocycles. The Kier molecular flexibility index (Phi) is 3.71. The zero-order valence-corrected chi connectivity index (χ0v) is 12.7. The van der Waals surface area contributed by atoms with E-state index >= 15 is 0 Å². The summed E-state index contributed by atoms with van der Waals surface area (Å²) in [5, 5.41) is 12.8. The van der Waals surface area contributed by atoms with Crippen LogP contribution in [0.5, 0.6) is 0 Å². The van der Waals surface area contributed by atoms with Gasteiger partial charge in [0.05, 0.1) is 20.8 Å². The highest BCUT2D eigenvalue weighted by molar-refractivity contribution is 6.43. The first-order chi connectivity index (χ1) is 10.1. The summed E-state index contributed by atoms with van der Waals surface area (Å²) < 4.78 is 1.50. The molecular formula is C13H8Cl3N5. The molecule has 0 saturated heterocycles. The maximum Gasteiger partial charge on any atom is 0.187 e. The highest BCUT2D eigenvalue weighted by Crippen LogP contribution is 2.32. The number of benzene rings is 2. The van der Waals surface area contributed by atoms with Crippen LogP contribution in [0.2, 0.25) is 15.1 Å². The van der Waals surface area contributed by atoms with Crippen LogP contribution >= 0.6 is 34.8 Å². The van der Waals surface area contributed by atoms with Crippen LogP contribution in [-0.2, 0) is 0 Å². The van der Waals surface area contributed by atoms with Gasteiger partial charge in [0.25, 0.3) is 0 Å². The molecule has 21 heavy (non-hydrogen) atoms. The van der Waals surface area contributed by atoms with Crippen molar-refractivity contribution in [3.05, 3.63) is 51.5 Å². The lowest BCUT2D eigenvalue weighted by Gasteiger charge is -2.08. The van der Waals surface area contributed by atoms with Gasteiger partial charge in [0.15, 0.2) is 5.82 Å². The van der Waals surface area contributed by atoms with Gasteiger partial charge >= 0.3 is 0 Å². The Morgan fingerprint density at radius 1 is 0.905 bits per heavy atom. The highest BCUT2D eigenvalue weighted by Gasteiger charge is 2.15. The molecule has 2 N–H and O–H groups in total. The smallest absolute Gasteiger partial charge is 0.187 e. The molecule has 8 heteroatoms. The summed E-state index contributed by atoms with van der Waals surface area (Å²) in [5.74, 6) is 0.523. The summed E-state index contributed by atoms with van der Waals surface area (Å²) in [7, 11) is 0. The quantitative estimate of drug-likeness (QED) is 0.568. The maximum atomic E-state index is 6.20. The Labute approximate surface area is 135 Å². The standard InChI is InChI=1S/C13H8Cl3N5/c14-9-5-11(16)12(6-10(9)15)21-13(18-19-20-21)7-1-3-8(17)4-2-7/h1-6H,17H2. The third-order valence-corrected chi connectivity index (χ3v) is 3.88. The van der Waals surface area contributed by atoms with Crippen LogP contribution in [0.3, 0.4) is 0 Å². The minimum atomic E-state index is 0.368. The van der Waals surface area contributed by atoms with Gasteiger partial charge in [0, 0.05) is 11.3 Å². The van der Waals surface area contributed by atoms with Crippen LogP contribution < -0.4 is 5.73 Å². The van der Waals surface area contributed by atoms with E-state index in [1.165, 1.54) is 4.68 Å². The number of rotatable bonds is 2. The van der Waals surface area contributed by atoms with Crippen LogP contribution in [0, 0.1) is 0 Å². The minimum Gasteiger partial charge on any atom is -0.399 e. The monoisotopic (exact) mass is 339 g/mol. The molecule has 0 amide bonds. The number of hydrogen-bond acceptors (Lipinski definition) is 4. The van der Waals surface area contributed by atoms with Crippen molar-refractivity contribution in [1.82, 2.24) is 20.2 Å². The lowest BCUT2D eigenvalue weighted by molar-refractivity contribution is 0.791. The number of tetrazole rings is 1. The molecule has 0 fully saturated rings. The third-order valence-electron chi connectivity index (χ3n) is 2.86. The lowest BCUT2D eigenvalue weighted by Crippen LogP contribution is -2.01. The summed E-state index contributed by atoms with van der Waals surface area (Å²) in [6, 6.07) is 10.3. The number of hydrogen-bond donors (Lipinski definition) is 1. The van der Waals surface area contributed by atoms with Crippen molar-refractivity contribution in [2.75, 3.05) is 5.73 Å². The molecule has 1 aromatic heterocycles. The molecule has 0 radical (unpaired) electrons. The van der Waals surface area contributed by atoms with Crippen molar-refractivity contribution in [1.29, 1.82) is 0 Å². The molecule has 5 nitrogen and oxygen atoms in total. The number of nitrogen functional groups attached to an aromatic ring is 1. The maximum absolute atomic E-state index is 6.20. The number of aromatic nitrogens is 4. The van der Waals surface area contributed by atoms with Crippen LogP contribution in [0.15, 0.2) is 36.4 Å². The van der Waals surface area contributed by atoms with Crippen molar-refractivity contribution in [3.8, 4) is 17.1 Å². The van der Waals surface area contributed by atoms with E-state index in [9.17, 15) is 0 Å². The molecule has 0 unspecified atom stereocenters. The number of nitrogens with two attached hydrogens (primary N) is 1. The summed E-state index contributed by atoms with van der Waals surface area (Å²) in [6.45, 7) is 0. The summed E-state index contributed by atoms with van der Waals surface area (Å²) in [4.78, 5) is 0. The Balaban J connectivity index is 2.15. The Hall–Kier alpha value is -1.82. The van der Waals surface area contributed by atoms with Gasteiger partial charge in [-0.1, -0.05) is 34.8 Å². The second-order valence-electron chi connectivity index (χ2n) is 4.25. The fourth-order valence-electron chi connectivity index (χ4n) is 1.84. The van der Waals surface area contributed by atoms with E-state index in [2.05, 4.69) is 15.5 Å². The largest absolute Gasteiger partial charge is 0.399 e. The summed E-state index contributed by atoms with van der Waals surface area (Å²) in [6.07, 6.45) is 0. The molecular weight excluding hydrogens is 333 g/mol. The van der Waals surface area contributed by atoms with E-state index in [1.807, 2.05) is 12.1 Å². The average molecular weight is 341 g/mol. The SMILES string of the molecule is Nc1ccc(-c2nnnn2-c2cc(Cl)c(Cl)cc2Cl)cc1. The van der Waals surface area contributed by atoms with Gasteiger partial charge < -0.3 is 5.73 Å². The molecule has 2 aromatic carbocycles. The predicted octanol–water partition coefficient (Wildman–Crippen LogP) is 3.87. The van der Waals surface area contributed by atoms with E-state index in [1.54, 1.807) is 24.3 Å². The van der Waals surface area contributed by atoms with E-state index in [0.29, 0.717) is 32.3 Å². The summed E-state index contributed by atoms with van der Waals surface area (Å²) >= 11 is 18.2. The Morgan fingerprint density at radius 3 is 2.29 bits per heavy atom. The molecule has 0 bridgehead atoms. The van der Waals surface area contributed by atoms with Crippen molar-refractivity contribution in [2.45, 2.75) is 0 Å². The van der Waals surface area contributed by atoms with Gasteiger partial charge in [0.1, 0.15) is 0 Å². The van der Waals surface area contributed by atoms with Gasteiger partial charge in [-0.05, 0) is 46.8 Å². The zero-order valence-electron chi connectivity index (χ0n) is 10.5. The van der Waals surface area contributed by atoms with Gasteiger partial charge in [-0.2, -0.15) is 4.68 Å². The molecule has 0 saturated carbocycles. The molecule has 0 aliphatic rings. The lowest BCUT2D eigenvalue weighted by atomic mass is 10.2. The van der Waals surface area contributed by atoms with Crippen molar-refractivity contribution in [2.24, 2.45) is 0 Å². The van der Waals surface area contributed by atoms with Crippen molar-refractivity contribution < 1.29 is 0 Å². The average Bonchev–Trinajstić information content (AvgIpc) is 2.93. The van der Waals surface area contributed by atoms with Gasteiger partial charge in [-0.3, -0.25) is 0 Å². The fourth-order valence-corrected chi connectivity index (χ4v) is 2.46. The van der Waals surface area contributed by atoms with Gasteiger partial charge in [-0.15, -0.1) is 5.10 Å². The van der Waals surface area contributed by atoms with E-state index in [0.717, 1.165) is 5.56 Å². The topological polar surface area (TPSA) is 69.6 Å². The van der Waals surface area contributed by atoms with Crippen LogP contribution in [0.25, 0.3) is 17.1 Å². The van der Waals surface area contributed by atoms with Crippen molar-refractivity contribution in [3.63, 3.8) is 0 Å². The fraction of sp³-hybridized carbons (Fsp3) is 0. The zero-order chi connectivity index (χ0) is 15.0. The molecule has 0 atom stereocenters. The first-order valence-corrected chi connectivity index (χ1v) is 6.99. The van der Waals surface area contributed by atoms with Crippen LogP contribution in [0.1, 0.15) is 0 Å². The van der Waals surface area contributed by atoms with Gasteiger partial charge in [-0.25, -0.2) is 0 Å². The molecule has 3 rings (SSSR count). The van der Waals surface area contributed by atoms with Gasteiger partial charge in [0.2, 0.25) is 0 Å². The molecule has 0 spiro atoms. The first kappa shape index (κ1) is 14.1. The highest BCUT2D eigenvalue weighted by atomic mass is 35.5.